The van der Waals surface area contributed by atoms with Crippen molar-refractivity contribution in [3.8, 4) is 6.07 Å². The van der Waals surface area contributed by atoms with Gasteiger partial charge in [-0.3, -0.25) is 4.79 Å². The fraction of sp³-hybridized carbons (Fsp3) is 0.925. The van der Waals surface area contributed by atoms with Crippen LogP contribution < -0.4 is 0 Å². The summed E-state index contributed by atoms with van der Waals surface area (Å²) in [6.45, 7) is 22.6. The Kier molecular flexibility index (Phi) is 27.0. The third-order valence-electron chi connectivity index (χ3n) is 10.7. The molecule has 0 saturated heterocycles. The average molecular weight is 665 g/mol. The first-order valence-electron chi connectivity index (χ1n) is 18.8. The number of Topliss-reactive ketones (excluding diaryl/α,β-unsaturated/α-hetero) is 1. The zero-order chi connectivity index (χ0) is 36.7. The first kappa shape index (κ1) is 47.8. The second kappa shape index (κ2) is 26.5. The molecule has 0 aromatic heterocycles. The van der Waals surface area contributed by atoms with E-state index in [1.807, 2.05) is 6.92 Å². The van der Waals surface area contributed by atoms with Gasteiger partial charge in [0.15, 0.2) is 0 Å². The quantitative estimate of drug-likeness (QED) is 0.172. The van der Waals surface area contributed by atoms with E-state index in [2.05, 4.69) is 84.4 Å². The molecule has 3 aliphatic carbocycles. The first-order valence-corrected chi connectivity index (χ1v) is 18.8. The second-order valence-electron chi connectivity index (χ2n) is 15.6. The summed E-state index contributed by atoms with van der Waals surface area (Å²) in [7, 11) is 10.7. The van der Waals surface area contributed by atoms with Gasteiger partial charge in [0, 0.05) is 38.1 Å². The molecule has 7 nitrogen and oxygen atoms in total. The number of ether oxygens (including phenoxy) is 1. The van der Waals surface area contributed by atoms with Gasteiger partial charge in [0.1, 0.15) is 12.1 Å². The maximum Gasteiger partial charge on any atom is 0.132 e. The standard InChI is InChI=1S/C22H44N2O2.C10H21N.C4H8.C2H3N.C2H4O/c1-9-21(19-14-20(15-19)23(6)10-2)24(7)13-11-12-22(5,26-8)16-17(3)18(4)25;1-8-5-9(2)7-10(6-8)11(3)4;1-4-2-3-4;2*1-2-3/h17,19-21H,9-16H2,1-8H3;8-10H,5-7H2,1-4H3;4H,2-3H2,1H3;1H3;2H,1H3/t17-,19?,20?,21?,22-;;;;/m1..../s1. The molecule has 3 saturated carbocycles. The van der Waals surface area contributed by atoms with Crippen molar-refractivity contribution in [1.29, 1.82) is 5.26 Å². The van der Waals surface area contributed by atoms with E-state index in [4.69, 9.17) is 14.8 Å². The van der Waals surface area contributed by atoms with Crippen LogP contribution in [-0.2, 0) is 14.3 Å². The molecule has 0 aliphatic heterocycles. The SMILES string of the molecule is CC#N.CC1CC(C)CC(N(C)C)C1.CC1CC1.CC=O.CCC(C1CC(N(C)CC)C1)N(C)CCC[C@](C)(C[C@@H](C)C(C)=O)OC. The number of aldehydes is 1. The van der Waals surface area contributed by atoms with Crippen LogP contribution >= 0.6 is 0 Å². The van der Waals surface area contributed by atoms with E-state index >= 15 is 0 Å². The maximum atomic E-state index is 11.6. The lowest BCUT2D eigenvalue weighted by Crippen LogP contribution is -2.50. The Morgan fingerprint density at radius 1 is 0.979 bits per heavy atom. The number of hydrogen-bond acceptors (Lipinski definition) is 7. The van der Waals surface area contributed by atoms with Crippen molar-refractivity contribution in [2.45, 2.75) is 164 Å². The van der Waals surface area contributed by atoms with Gasteiger partial charge in [0.2, 0.25) is 0 Å². The van der Waals surface area contributed by atoms with E-state index < -0.39 is 0 Å². The van der Waals surface area contributed by atoms with Gasteiger partial charge in [-0.15, -0.1) is 0 Å². The molecule has 0 aromatic carbocycles. The van der Waals surface area contributed by atoms with E-state index in [9.17, 15) is 4.79 Å². The molecule has 0 spiro atoms. The molecule has 0 aromatic rings. The summed E-state index contributed by atoms with van der Waals surface area (Å²) in [4.78, 5) is 27.8. The van der Waals surface area contributed by atoms with Gasteiger partial charge in [-0.05, 0) is 144 Å². The van der Waals surface area contributed by atoms with Gasteiger partial charge < -0.3 is 24.2 Å². The summed E-state index contributed by atoms with van der Waals surface area (Å²) < 4.78 is 5.78. The van der Waals surface area contributed by atoms with Crippen LogP contribution in [0.25, 0.3) is 0 Å². The van der Waals surface area contributed by atoms with Crippen molar-refractivity contribution in [2.75, 3.05) is 48.4 Å². The first-order chi connectivity index (χ1) is 22.0. The highest BCUT2D eigenvalue weighted by Crippen LogP contribution is 2.37. The summed E-state index contributed by atoms with van der Waals surface area (Å²) in [5.74, 6) is 4.13. The average Bonchev–Trinajstić information content (AvgIpc) is 3.77. The molecule has 0 bridgehead atoms. The largest absolute Gasteiger partial charge is 0.379 e. The Labute approximate surface area is 293 Å². The molecule has 3 rings (SSSR count). The van der Waals surface area contributed by atoms with Gasteiger partial charge in [0.05, 0.1) is 11.7 Å². The van der Waals surface area contributed by atoms with E-state index in [0.717, 1.165) is 74.4 Å². The highest BCUT2D eigenvalue weighted by molar-refractivity contribution is 5.77. The Hall–Kier alpha value is -1.33. The molecule has 0 heterocycles. The molecular formula is C40H80N4O3. The topological polar surface area (TPSA) is 76.9 Å². The highest BCUT2D eigenvalue weighted by atomic mass is 16.5. The molecule has 0 amide bonds. The highest BCUT2D eigenvalue weighted by Gasteiger charge is 2.37. The van der Waals surface area contributed by atoms with E-state index in [-0.39, 0.29) is 17.3 Å². The third kappa shape index (κ3) is 22.1. The fourth-order valence-corrected chi connectivity index (χ4v) is 7.01. The fourth-order valence-electron chi connectivity index (χ4n) is 7.01. The van der Waals surface area contributed by atoms with Crippen LogP contribution in [0.2, 0.25) is 0 Å². The number of ketones is 1. The van der Waals surface area contributed by atoms with Gasteiger partial charge in [-0.2, -0.15) is 5.26 Å². The summed E-state index contributed by atoms with van der Waals surface area (Å²) in [5, 5.41) is 7.32. The van der Waals surface area contributed by atoms with Crippen LogP contribution in [0.15, 0.2) is 0 Å². The van der Waals surface area contributed by atoms with Crippen LogP contribution in [-0.4, -0.2) is 98.9 Å². The molecule has 5 atom stereocenters. The monoisotopic (exact) mass is 665 g/mol. The number of methoxy groups -OCH3 is 1. The van der Waals surface area contributed by atoms with E-state index in [1.165, 1.54) is 65.2 Å². The van der Waals surface area contributed by atoms with Crippen LogP contribution in [0.4, 0.5) is 0 Å². The van der Waals surface area contributed by atoms with Crippen molar-refractivity contribution in [2.24, 2.45) is 29.6 Å². The zero-order valence-corrected chi connectivity index (χ0v) is 33.9. The molecule has 278 valence electrons. The molecule has 3 fully saturated rings. The molecule has 3 unspecified atom stereocenters. The van der Waals surface area contributed by atoms with E-state index in [0.29, 0.717) is 6.04 Å². The number of nitrogens with zero attached hydrogens (tertiary/aromatic N) is 4. The number of carbonyl (C=O) groups excluding carboxylic acids is 2. The molecule has 47 heavy (non-hydrogen) atoms. The minimum atomic E-state index is -0.195. The molecule has 0 radical (unpaired) electrons. The minimum absolute atomic E-state index is 0.0727. The van der Waals surface area contributed by atoms with Crippen molar-refractivity contribution in [1.82, 2.24) is 14.7 Å². The van der Waals surface area contributed by atoms with E-state index in [1.54, 1.807) is 20.1 Å². The summed E-state index contributed by atoms with van der Waals surface area (Å²) in [5.41, 5.74) is -0.195. The van der Waals surface area contributed by atoms with Crippen LogP contribution in [0.1, 0.15) is 140 Å². The Bertz CT molecular complexity index is 826. The van der Waals surface area contributed by atoms with Gasteiger partial charge in [0.25, 0.3) is 0 Å². The van der Waals surface area contributed by atoms with Crippen molar-refractivity contribution in [3.63, 3.8) is 0 Å². The van der Waals surface area contributed by atoms with Gasteiger partial charge in [-0.25, -0.2) is 0 Å². The normalized spacial score (nSPS) is 25.8. The summed E-state index contributed by atoms with van der Waals surface area (Å²) in [6.07, 6.45) is 14.8. The number of hydrogen-bond donors (Lipinski definition) is 0. The Morgan fingerprint density at radius 3 is 1.79 bits per heavy atom. The van der Waals surface area contributed by atoms with Crippen LogP contribution in [0, 0.1) is 40.9 Å². The second-order valence-corrected chi connectivity index (χ2v) is 15.6. The number of rotatable bonds is 14. The van der Waals surface area contributed by atoms with Crippen molar-refractivity contribution < 1.29 is 14.3 Å². The molecule has 3 aliphatic rings. The maximum absolute atomic E-state index is 11.6. The predicted molar refractivity (Wildman–Crippen MR) is 202 cm³/mol. The Balaban J connectivity index is 0. The lowest BCUT2D eigenvalue weighted by Gasteiger charge is -2.47. The number of carbonyl (C=O) groups is 2. The predicted octanol–water partition coefficient (Wildman–Crippen LogP) is 8.75. The van der Waals surface area contributed by atoms with Crippen LogP contribution in [0.5, 0.6) is 0 Å². The van der Waals surface area contributed by atoms with Crippen LogP contribution in [0.3, 0.4) is 0 Å². The summed E-state index contributed by atoms with van der Waals surface area (Å²) >= 11 is 0. The molecular weight excluding hydrogens is 584 g/mol. The number of nitriles is 1. The Morgan fingerprint density at radius 2 is 1.45 bits per heavy atom. The lowest BCUT2D eigenvalue weighted by atomic mass is 9.73. The van der Waals surface area contributed by atoms with Crippen molar-refractivity contribution >= 4 is 12.1 Å². The molecule has 7 heteroatoms. The zero-order valence-electron chi connectivity index (χ0n) is 33.9. The minimum Gasteiger partial charge on any atom is -0.379 e. The smallest absolute Gasteiger partial charge is 0.132 e. The van der Waals surface area contributed by atoms with Crippen molar-refractivity contribution in [3.05, 3.63) is 0 Å². The summed E-state index contributed by atoms with van der Waals surface area (Å²) in [6, 6.07) is 4.08. The third-order valence-corrected chi connectivity index (χ3v) is 10.7. The molecule has 0 N–H and O–H groups in total. The van der Waals surface area contributed by atoms with Gasteiger partial charge in [-0.1, -0.05) is 54.4 Å². The van der Waals surface area contributed by atoms with Gasteiger partial charge >= 0.3 is 0 Å². The lowest BCUT2D eigenvalue weighted by molar-refractivity contribution is -0.123.